The van der Waals surface area contributed by atoms with Crippen molar-refractivity contribution in [3.05, 3.63) is 64.7 Å². The lowest BCUT2D eigenvalue weighted by molar-refractivity contribution is -0.138. The Balaban J connectivity index is 1.63. The normalized spacial score (nSPS) is 13.9. The summed E-state index contributed by atoms with van der Waals surface area (Å²) < 4.78 is 39.6. The number of hydrogen-bond donors (Lipinski definition) is 2. The van der Waals surface area contributed by atoms with Crippen LogP contribution in [-0.2, 0) is 11.0 Å². The third-order valence-electron chi connectivity index (χ3n) is 5.29. The summed E-state index contributed by atoms with van der Waals surface area (Å²) in [5.74, 6) is -1.15. The van der Waals surface area contributed by atoms with Gasteiger partial charge in [-0.2, -0.15) is 13.2 Å². The highest BCUT2D eigenvalue weighted by molar-refractivity contribution is 6.06. The summed E-state index contributed by atoms with van der Waals surface area (Å²) in [6.45, 7) is 3.37. The molecule has 1 fully saturated rings. The zero-order chi connectivity index (χ0) is 23.3. The molecule has 3 amide bonds. The van der Waals surface area contributed by atoms with Crippen LogP contribution in [0.2, 0.25) is 0 Å². The number of anilines is 1. The van der Waals surface area contributed by atoms with Crippen LogP contribution in [0.5, 0.6) is 0 Å². The van der Waals surface area contributed by atoms with E-state index in [9.17, 15) is 27.6 Å². The van der Waals surface area contributed by atoms with E-state index in [4.69, 9.17) is 0 Å². The minimum Gasteiger partial charge on any atom is -0.352 e. The molecule has 0 radical (unpaired) electrons. The van der Waals surface area contributed by atoms with Crippen LogP contribution in [0.15, 0.2) is 42.5 Å². The number of likely N-dealkylation sites (tertiary alicyclic amines) is 1. The third kappa shape index (κ3) is 5.66. The average Bonchev–Trinajstić information content (AvgIpc) is 3.16. The first kappa shape index (κ1) is 23.3. The van der Waals surface area contributed by atoms with E-state index in [-0.39, 0.29) is 23.1 Å². The first-order valence-electron chi connectivity index (χ1n) is 10.3. The van der Waals surface area contributed by atoms with Gasteiger partial charge in [0.1, 0.15) is 0 Å². The van der Waals surface area contributed by atoms with E-state index in [1.54, 1.807) is 24.0 Å². The number of rotatable bonds is 7. The standard InChI is InChI=1S/C23H24F3N3O3/c1-15-9-10-16(21(31)27-11-5-13-29-12-4-8-20(29)30)14-19(15)28-22(32)17-6-2-3-7-18(17)23(24,25)26/h2-3,6-7,9-10,14H,4-5,8,11-13H2,1H3,(H,27,31)(H,28,32). The second-order valence-electron chi connectivity index (χ2n) is 7.62. The lowest BCUT2D eigenvalue weighted by Gasteiger charge is -2.16. The minimum absolute atomic E-state index is 0.127. The van der Waals surface area contributed by atoms with Crippen molar-refractivity contribution in [2.75, 3.05) is 25.0 Å². The summed E-state index contributed by atoms with van der Waals surface area (Å²) in [4.78, 5) is 38.4. The van der Waals surface area contributed by atoms with Crippen LogP contribution >= 0.6 is 0 Å². The van der Waals surface area contributed by atoms with Crippen LogP contribution in [0.1, 0.15) is 51.1 Å². The first-order valence-corrected chi connectivity index (χ1v) is 10.3. The number of nitrogens with zero attached hydrogens (tertiary/aromatic N) is 1. The predicted octanol–water partition coefficient (Wildman–Crippen LogP) is 4.01. The van der Waals surface area contributed by atoms with Crippen molar-refractivity contribution in [3.8, 4) is 0 Å². The second-order valence-corrected chi connectivity index (χ2v) is 7.62. The molecule has 3 rings (SSSR count). The fourth-order valence-corrected chi connectivity index (χ4v) is 3.53. The topological polar surface area (TPSA) is 78.5 Å². The molecular formula is C23H24F3N3O3. The summed E-state index contributed by atoms with van der Waals surface area (Å²) in [6.07, 6.45) is -2.63. The number of alkyl halides is 3. The molecule has 1 aliphatic rings. The molecule has 0 saturated carbocycles. The Morgan fingerprint density at radius 2 is 1.84 bits per heavy atom. The highest BCUT2D eigenvalue weighted by Crippen LogP contribution is 2.32. The van der Waals surface area contributed by atoms with Gasteiger partial charge in [-0.15, -0.1) is 0 Å². The molecule has 2 aromatic rings. The van der Waals surface area contributed by atoms with Gasteiger partial charge < -0.3 is 15.5 Å². The minimum atomic E-state index is -4.66. The molecular weight excluding hydrogens is 423 g/mol. The Morgan fingerprint density at radius 3 is 2.53 bits per heavy atom. The molecule has 0 bridgehead atoms. The van der Waals surface area contributed by atoms with Gasteiger partial charge in [0.2, 0.25) is 5.91 Å². The van der Waals surface area contributed by atoms with E-state index >= 15 is 0 Å². The molecule has 2 N–H and O–H groups in total. The van der Waals surface area contributed by atoms with E-state index in [1.165, 1.54) is 18.2 Å². The van der Waals surface area contributed by atoms with E-state index in [0.717, 1.165) is 25.1 Å². The molecule has 0 atom stereocenters. The van der Waals surface area contributed by atoms with Crippen molar-refractivity contribution >= 4 is 23.4 Å². The van der Waals surface area contributed by atoms with E-state index in [0.29, 0.717) is 31.5 Å². The molecule has 0 spiro atoms. The lowest BCUT2D eigenvalue weighted by atomic mass is 10.1. The third-order valence-corrected chi connectivity index (χ3v) is 5.29. The molecule has 0 aliphatic carbocycles. The van der Waals surface area contributed by atoms with Crippen LogP contribution in [0.4, 0.5) is 18.9 Å². The number of carbonyl (C=O) groups is 3. The van der Waals surface area contributed by atoms with E-state index in [2.05, 4.69) is 10.6 Å². The summed E-state index contributed by atoms with van der Waals surface area (Å²) in [5.41, 5.74) is -0.396. The van der Waals surface area contributed by atoms with Gasteiger partial charge in [0.05, 0.1) is 11.1 Å². The average molecular weight is 447 g/mol. The molecule has 1 heterocycles. The highest BCUT2D eigenvalue weighted by atomic mass is 19.4. The molecule has 170 valence electrons. The van der Waals surface area contributed by atoms with Crippen molar-refractivity contribution in [3.63, 3.8) is 0 Å². The van der Waals surface area contributed by atoms with Gasteiger partial charge >= 0.3 is 6.18 Å². The van der Waals surface area contributed by atoms with Gasteiger partial charge in [0, 0.05) is 37.3 Å². The summed E-state index contributed by atoms with van der Waals surface area (Å²) in [7, 11) is 0. The monoisotopic (exact) mass is 447 g/mol. The van der Waals surface area contributed by atoms with Crippen LogP contribution in [0.25, 0.3) is 0 Å². The maximum Gasteiger partial charge on any atom is 0.417 e. The Hall–Kier alpha value is -3.36. The number of hydrogen-bond acceptors (Lipinski definition) is 3. The maximum absolute atomic E-state index is 13.2. The highest BCUT2D eigenvalue weighted by Gasteiger charge is 2.34. The second kappa shape index (κ2) is 9.84. The van der Waals surface area contributed by atoms with Gasteiger partial charge in [-0.3, -0.25) is 14.4 Å². The van der Waals surface area contributed by atoms with Crippen molar-refractivity contribution < 1.29 is 27.6 Å². The molecule has 1 saturated heterocycles. The van der Waals surface area contributed by atoms with Crippen LogP contribution in [0, 0.1) is 6.92 Å². The van der Waals surface area contributed by atoms with Crippen molar-refractivity contribution in [1.29, 1.82) is 0 Å². The predicted molar refractivity (Wildman–Crippen MR) is 113 cm³/mol. The Bertz CT molecular complexity index is 1020. The number of halogens is 3. The van der Waals surface area contributed by atoms with Crippen molar-refractivity contribution in [1.82, 2.24) is 10.2 Å². The van der Waals surface area contributed by atoms with Crippen LogP contribution in [0.3, 0.4) is 0 Å². The smallest absolute Gasteiger partial charge is 0.352 e. The van der Waals surface area contributed by atoms with E-state index in [1.807, 2.05) is 0 Å². The molecule has 0 unspecified atom stereocenters. The van der Waals surface area contributed by atoms with Gasteiger partial charge in [0.15, 0.2) is 0 Å². The van der Waals surface area contributed by atoms with Crippen molar-refractivity contribution in [2.45, 2.75) is 32.4 Å². The molecule has 32 heavy (non-hydrogen) atoms. The van der Waals surface area contributed by atoms with Crippen LogP contribution < -0.4 is 10.6 Å². The summed E-state index contributed by atoms with van der Waals surface area (Å²) in [5, 5.41) is 5.24. The SMILES string of the molecule is Cc1ccc(C(=O)NCCCN2CCCC2=O)cc1NC(=O)c1ccccc1C(F)(F)F. The summed E-state index contributed by atoms with van der Waals surface area (Å²) >= 11 is 0. The molecule has 2 aromatic carbocycles. The number of benzene rings is 2. The number of aryl methyl sites for hydroxylation is 1. The van der Waals surface area contributed by atoms with Gasteiger partial charge in [-0.25, -0.2) is 0 Å². The fourth-order valence-electron chi connectivity index (χ4n) is 3.53. The number of nitrogens with one attached hydrogen (secondary N) is 2. The first-order chi connectivity index (χ1) is 15.2. The zero-order valence-corrected chi connectivity index (χ0v) is 17.6. The number of carbonyl (C=O) groups excluding carboxylic acids is 3. The van der Waals surface area contributed by atoms with Gasteiger partial charge in [-0.05, 0) is 49.6 Å². The zero-order valence-electron chi connectivity index (χ0n) is 17.6. The lowest BCUT2D eigenvalue weighted by Crippen LogP contribution is -2.30. The van der Waals surface area contributed by atoms with Crippen molar-refractivity contribution in [2.24, 2.45) is 0 Å². The van der Waals surface area contributed by atoms with Gasteiger partial charge in [-0.1, -0.05) is 18.2 Å². The largest absolute Gasteiger partial charge is 0.417 e. The molecule has 9 heteroatoms. The summed E-state index contributed by atoms with van der Waals surface area (Å²) in [6, 6.07) is 9.16. The van der Waals surface area contributed by atoms with E-state index < -0.39 is 23.2 Å². The van der Waals surface area contributed by atoms with Gasteiger partial charge in [0.25, 0.3) is 11.8 Å². The Morgan fingerprint density at radius 1 is 1.09 bits per heavy atom. The quantitative estimate of drug-likeness (QED) is 0.630. The Kier molecular flexibility index (Phi) is 7.17. The molecule has 1 aliphatic heterocycles. The Labute approximate surface area is 183 Å². The van der Waals surface area contributed by atoms with Crippen LogP contribution in [-0.4, -0.2) is 42.3 Å². The molecule has 0 aromatic heterocycles. The molecule has 6 nitrogen and oxygen atoms in total. The maximum atomic E-state index is 13.2. The number of amides is 3. The fraction of sp³-hybridized carbons (Fsp3) is 0.348.